The summed E-state index contributed by atoms with van der Waals surface area (Å²) in [6.07, 6.45) is 7.39. The summed E-state index contributed by atoms with van der Waals surface area (Å²) < 4.78 is 0. The zero-order chi connectivity index (χ0) is 11.8. The lowest BCUT2D eigenvalue weighted by Crippen LogP contribution is -2.09. The molecule has 0 bridgehead atoms. The fourth-order valence-electron chi connectivity index (χ4n) is 1.81. The van der Waals surface area contributed by atoms with Crippen molar-refractivity contribution in [3.63, 3.8) is 0 Å². The third-order valence-corrected chi connectivity index (χ3v) is 2.77. The predicted octanol–water partition coefficient (Wildman–Crippen LogP) is 3.48. The lowest BCUT2D eigenvalue weighted by molar-refractivity contribution is 0.828. The lowest BCUT2D eigenvalue weighted by Gasteiger charge is -2.07. The minimum Gasteiger partial charge on any atom is -0.391 e. The van der Waals surface area contributed by atoms with E-state index in [0.717, 1.165) is 25.8 Å². The summed E-state index contributed by atoms with van der Waals surface area (Å²) in [6.45, 7) is 7.48. The van der Waals surface area contributed by atoms with Crippen LogP contribution in [-0.4, -0.2) is 6.54 Å². The Hall–Kier alpha value is -1.24. The van der Waals surface area contributed by atoms with Crippen LogP contribution in [0.15, 0.2) is 30.5 Å². The number of aryl methyl sites for hydroxylation is 2. The highest BCUT2D eigenvalue weighted by atomic mass is 14.8. The van der Waals surface area contributed by atoms with Gasteiger partial charge < -0.3 is 5.32 Å². The summed E-state index contributed by atoms with van der Waals surface area (Å²) >= 11 is 0. The summed E-state index contributed by atoms with van der Waals surface area (Å²) in [4.78, 5) is 0. The Morgan fingerprint density at radius 1 is 1.00 bits per heavy atom. The zero-order valence-electron chi connectivity index (χ0n) is 10.7. The maximum atomic E-state index is 3.28. The summed E-state index contributed by atoms with van der Waals surface area (Å²) in [5, 5.41) is 3.28. The van der Waals surface area contributed by atoms with Gasteiger partial charge >= 0.3 is 0 Å². The average molecular weight is 217 g/mol. The van der Waals surface area contributed by atoms with Gasteiger partial charge in [0.1, 0.15) is 0 Å². The van der Waals surface area contributed by atoms with Gasteiger partial charge in [0.25, 0.3) is 0 Å². The molecule has 0 unspecified atom stereocenters. The first-order chi connectivity index (χ1) is 7.80. The molecule has 1 aromatic rings. The molecule has 0 aromatic heterocycles. The third kappa shape index (κ3) is 4.09. The number of allylic oxidation sites excluding steroid dienone is 1. The Balaban J connectivity index is 2.63. The highest BCUT2D eigenvalue weighted by Gasteiger charge is 1.98. The van der Waals surface area contributed by atoms with E-state index in [1.54, 1.807) is 0 Å². The maximum Gasteiger partial charge on any atom is 0.0181 e. The van der Waals surface area contributed by atoms with Crippen LogP contribution in [0.2, 0.25) is 0 Å². The molecular formula is C15H23N. The first-order valence-electron chi connectivity index (χ1n) is 6.26. The van der Waals surface area contributed by atoms with E-state index in [9.17, 15) is 0 Å². The predicted molar refractivity (Wildman–Crippen MR) is 71.7 cm³/mol. The Labute approximate surface area is 99.6 Å². The van der Waals surface area contributed by atoms with Crippen molar-refractivity contribution in [1.82, 2.24) is 5.32 Å². The number of rotatable bonds is 6. The van der Waals surface area contributed by atoms with Crippen molar-refractivity contribution >= 4 is 0 Å². The van der Waals surface area contributed by atoms with Crippen molar-refractivity contribution in [3.05, 3.63) is 47.2 Å². The topological polar surface area (TPSA) is 12.0 Å². The van der Waals surface area contributed by atoms with Gasteiger partial charge in [0.15, 0.2) is 0 Å². The molecular weight excluding hydrogens is 194 g/mol. The van der Waals surface area contributed by atoms with E-state index in [0.29, 0.717) is 0 Å². The van der Waals surface area contributed by atoms with Crippen LogP contribution < -0.4 is 5.32 Å². The van der Waals surface area contributed by atoms with E-state index in [1.807, 2.05) is 19.2 Å². The second kappa shape index (κ2) is 7.10. The largest absolute Gasteiger partial charge is 0.391 e. The van der Waals surface area contributed by atoms with E-state index < -0.39 is 0 Å². The molecule has 1 rings (SSSR count). The Bertz CT molecular complexity index is 317. The number of hydrogen-bond acceptors (Lipinski definition) is 1. The minimum atomic E-state index is 1.01. The molecule has 0 amide bonds. The monoisotopic (exact) mass is 217 g/mol. The van der Waals surface area contributed by atoms with E-state index in [1.165, 1.54) is 16.7 Å². The van der Waals surface area contributed by atoms with Gasteiger partial charge in [0, 0.05) is 6.54 Å². The molecule has 0 aliphatic carbocycles. The molecule has 0 saturated heterocycles. The molecule has 0 heterocycles. The summed E-state index contributed by atoms with van der Waals surface area (Å²) in [6, 6.07) is 6.98. The SMILES string of the molecule is C/C=C\NCCc1cc(CC)cc(CC)c1. The van der Waals surface area contributed by atoms with Gasteiger partial charge in [-0.25, -0.2) is 0 Å². The molecule has 0 radical (unpaired) electrons. The molecule has 1 heteroatoms. The van der Waals surface area contributed by atoms with Crippen molar-refractivity contribution < 1.29 is 0 Å². The van der Waals surface area contributed by atoms with Crippen molar-refractivity contribution in [2.75, 3.05) is 6.54 Å². The highest BCUT2D eigenvalue weighted by Crippen LogP contribution is 2.12. The Morgan fingerprint density at radius 2 is 1.56 bits per heavy atom. The molecule has 0 atom stereocenters. The first-order valence-corrected chi connectivity index (χ1v) is 6.26. The van der Waals surface area contributed by atoms with Crippen LogP contribution in [0.4, 0.5) is 0 Å². The van der Waals surface area contributed by atoms with E-state index >= 15 is 0 Å². The fourth-order valence-corrected chi connectivity index (χ4v) is 1.81. The second-order valence-electron chi connectivity index (χ2n) is 4.07. The number of nitrogens with one attached hydrogen (secondary N) is 1. The molecule has 88 valence electrons. The molecule has 0 fully saturated rings. The molecule has 0 saturated carbocycles. The number of hydrogen-bond donors (Lipinski definition) is 1. The Kier molecular flexibility index (Phi) is 5.69. The van der Waals surface area contributed by atoms with Crippen molar-refractivity contribution in [3.8, 4) is 0 Å². The summed E-state index contributed by atoms with van der Waals surface area (Å²) in [5.74, 6) is 0. The molecule has 0 aliphatic heterocycles. The average Bonchev–Trinajstić information content (AvgIpc) is 2.34. The molecule has 1 nitrogen and oxygen atoms in total. The number of benzene rings is 1. The van der Waals surface area contributed by atoms with Crippen LogP contribution >= 0.6 is 0 Å². The second-order valence-corrected chi connectivity index (χ2v) is 4.07. The van der Waals surface area contributed by atoms with Gasteiger partial charge in [-0.2, -0.15) is 0 Å². The summed E-state index contributed by atoms with van der Waals surface area (Å²) in [7, 11) is 0. The van der Waals surface area contributed by atoms with Crippen LogP contribution in [0.3, 0.4) is 0 Å². The van der Waals surface area contributed by atoms with E-state index in [-0.39, 0.29) is 0 Å². The zero-order valence-corrected chi connectivity index (χ0v) is 10.7. The lowest BCUT2D eigenvalue weighted by atomic mass is 10.0. The van der Waals surface area contributed by atoms with E-state index in [4.69, 9.17) is 0 Å². The van der Waals surface area contributed by atoms with Crippen LogP contribution in [0.1, 0.15) is 37.5 Å². The smallest absolute Gasteiger partial charge is 0.0181 e. The van der Waals surface area contributed by atoms with Gasteiger partial charge in [-0.3, -0.25) is 0 Å². The van der Waals surface area contributed by atoms with Crippen LogP contribution in [-0.2, 0) is 19.3 Å². The molecule has 0 aliphatic rings. The molecule has 0 spiro atoms. The van der Waals surface area contributed by atoms with Gasteiger partial charge in [0.05, 0.1) is 0 Å². The Morgan fingerprint density at radius 3 is 2.06 bits per heavy atom. The first kappa shape index (κ1) is 12.8. The van der Waals surface area contributed by atoms with Gasteiger partial charge in [-0.15, -0.1) is 0 Å². The van der Waals surface area contributed by atoms with Crippen molar-refractivity contribution in [2.45, 2.75) is 40.0 Å². The quantitative estimate of drug-likeness (QED) is 0.719. The van der Waals surface area contributed by atoms with Gasteiger partial charge in [-0.05, 0) is 49.1 Å². The fraction of sp³-hybridized carbons (Fsp3) is 0.467. The third-order valence-electron chi connectivity index (χ3n) is 2.77. The van der Waals surface area contributed by atoms with Crippen molar-refractivity contribution in [2.24, 2.45) is 0 Å². The molecule has 1 N–H and O–H groups in total. The summed E-state index contributed by atoms with van der Waals surface area (Å²) in [5.41, 5.74) is 4.37. The normalized spacial score (nSPS) is 10.9. The molecule has 16 heavy (non-hydrogen) atoms. The van der Waals surface area contributed by atoms with E-state index in [2.05, 4.69) is 37.4 Å². The minimum absolute atomic E-state index is 1.01. The standard InChI is InChI=1S/C15H23N/c1-4-8-16-9-7-15-11-13(5-2)10-14(6-3)12-15/h4,8,10-12,16H,5-7,9H2,1-3H3/b8-4-. The van der Waals surface area contributed by atoms with Gasteiger partial charge in [0.2, 0.25) is 0 Å². The van der Waals surface area contributed by atoms with Crippen LogP contribution in [0, 0.1) is 0 Å². The van der Waals surface area contributed by atoms with Crippen molar-refractivity contribution in [1.29, 1.82) is 0 Å². The van der Waals surface area contributed by atoms with Crippen LogP contribution in [0.25, 0.3) is 0 Å². The van der Waals surface area contributed by atoms with Gasteiger partial charge in [-0.1, -0.05) is 38.1 Å². The highest BCUT2D eigenvalue weighted by molar-refractivity contribution is 5.30. The molecule has 1 aromatic carbocycles. The maximum absolute atomic E-state index is 3.28. The van der Waals surface area contributed by atoms with Crippen LogP contribution in [0.5, 0.6) is 0 Å².